The van der Waals surface area contributed by atoms with Crippen LogP contribution >= 0.6 is 0 Å². The molecular formula is C15H22N4O. The molecule has 1 aromatic rings. The Balaban J connectivity index is 1.58. The van der Waals surface area contributed by atoms with E-state index in [-0.39, 0.29) is 0 Å². The van der Waals surface area contributed by atoms with Crippen molar-refractivity contribution in [2.24, 2.45) is 0 Å². The summed E-state index contributed by atoms with van der Waals surface area (Å²) < 4.78 is 5.57. The summed E-state index contributed by atoms with van der Waals surface area (Å²) in [6.07, 6.45) is 3.77. The summed E-state index contributed by atoms with van der Waals surface area (Å²) in [6, 6.07) is 5.45. The van der Waals surface area contributed by atoms with Gasteiger partial charge in [0.15, 0.2) is 0 Å². The zero-order valence-electron chi connectivity index (χ0n) is 12.1. The van der Waals surface area contributed by atoms with Crippen molar-refractivity contribution < 1.29 is 4.74 Å². The van der Waals surface area contributed by atoms with E-state index in [4.69, 9.17) is 10.00 Å². The Hall–Kier alpha value is -1.64. The molecule has 108 valence electrons. The minimum Gasteiger partial charge on any atom is -0.478 e. The third-order valence-electron chi connectivity index (χ3n) is 3.58. The number of nitrogens with zero attached hydrogens (tertiary/aromatic N) is 4. The molecule has 1 saturated heterocycles. The summed E-state index contributed by atoms with van der Waals surface area (Å²) in [6.45, 7) is 6.48. The fraction of sp³-hybridized carbons (Fsp3) is 0.600. The van der Waals surface area contributed by atoms with Crippen LogP contribution in [0.15, 0.2) is 18.3 Å². The van der Waals surface area contributed by atoms with Gasteiger partial charge < -0.3 is 14.5 Å². The Bertz CT molecular complexity index is 449. The number of pyridine rings is 1. The van der Waals surface area contributed by atoms with E-state index < -0.39 is 0 Å². The summed E-state index contributed by atoms with van der Waals surface area (Å²) in [5.41, 5.74) is 0.590. The summed E-state index contributed by atoms with van der Waals surface area (Å²) in [4.78, 5) is 8.97. The number of rotatable bonds is 6. The first kappa shape index (κ1) is 14.8. The van der Waals surface area contributed by atoms with Gasteiger partial charge in [-0.1, -0.05) is 0 Å². The zero-order valence-corrected chi connectivity index (χ0v) is 12.1. The van der Waals surface area contributed by atoms with Crippen LogP contribution < -0.4 is 4.74 Å². The lowest BCUT2D eigenvalue weighted by Gasteiger charge is -2.32. The van der Waals surface area contributed by atoms with Gasteiger partial charge in [0.1, 0.15) is 0 Å². The van der Waals surface area contributed by atoms with Gasteiger partial charge in [0, 0.05) is 38.4 Å². The van der Waals surface area contributed by atoms with Crippen molar-refractivity contribution >= 4 is 0 Å². The van der Waals surface area contributed by atoms with Crippen molar-refractivity contribution in [3.63, 3.8) is 0 Å². The highest BCUT2D eigenvalue weighted by Crippen LogP contribution is 2.09. The third-order valence-corrected chi connectivity index (χ3v) is 3.58. The SMILES string of the molecule is CN1CCN(CCCCOc2cc(C#N)ccn2)CC1. The minimum atomic E-state index is 0.545. The van der Waals surface area contributed by atoms with Crippen molar-refractivity contribution in [2.75, 3.05) is 46.4 Å². The highest BCUT2D eigenvalue weighted by molar-refractivity contribution is 5.31. The van der Waals surface area contributed by atoms with Crippen molar-refractivity contribution in [1.29, 1.82) is 5.26 Å². The van der Waals surface area contributed by atoms with Gasteiger partial charge in [0.05, 0.1) is 18.2 Å². The monoisotopic (exact) mass is 274 g/mol. The van der Waals surface area contributed by atoms with Gasteiger partial charge in [-0.3, -0.25) is 0 Å². The molecule has 0 N–H and O–H groups in total. The minimum absolute atomic E-state index is 0.545. The molecule has 0 atom stereocenters. The number of ether oxygens (including phenoxy) is 1. The van der Waals surface area contributed by atoms with Gasteiger partial charge in [-0.25, -0.2) is 4.98 Å². The van der Waals surface area contributed by atoms with E-state index in [1.807, 2.05) is 0 Å². The molecular weight excluding hydrogens is 252 g/mol. The van der Waals surface area contributed by atoms with Crippen LogP contribution in [-0.4, -0.2) is 61.2 Å². The third kappa shape index (κ3) is 4.80. The fourth-order valence-electron chi connectivity index (χ4n) is 2.24. The molecule has 1 aliphatic rings. The summed E-state index contributed by atoms with van der Waals surface area (Å²) in [7, 11) is 2.17. The fourth-order valence-corrected chi connectivity index (χ4v) is 2.24. The number of aromatic nitrogens is 1. The van der Waals surface area contributed by atoms with E-state index in [1.165, 1.54) is 26.2 Å². The van der Waals surface area contributed by atoms with E-state index in [9.17, 15) is 0 Å². The zero-order chi connectivity index (χ0) is 14.2. The maximum absolute atomic E-state index is 8.79. The number of likely N-dealkylation sites (N-methyl/N-ethyl adjacent to an activating group) is 1. The summed E-state index contributed by atoms with van der Waals surface area (Å²) in [5, 5.41) is 8.79. The number of unbranched alkanes of at least 4 members (excludes halogenated alkanes) is 1. The molecule has 0 spiro atoms. The highest BCUT2D eigenvalue weighted by Gasteiger charge is 2.12. The van der Waals surface area contributed by atoms with E-state index >= 15 is 0 Å². The number of piperazine rings is 1. The maximum atomic E-state index is 8.79. The van der Waals surface area contributed by atoms with Crippen LogP contribution in [0.25, 0.3) is 0 Å². The largest absolute Gasteiger partial charge is 0.478 e. The number of nitriles is 1. The molecule has 0 radical (unpaired) electrons. The standard InChI is InChI=1S/C15H22N4O/c1-18-7-9-19(10-8-18)6-2-3-11-20-15-12-14(13-16)4-5-17-15/h4-5,12H,2-3,6-11H2,1H3. The molecule has 1 aromatic heterocycles. The van der Waals surface area contributed by atoms with Gasteiger partial charge in [0.25, 0.3) is 0 Å². The van der Waals surface area contributed by atoms with Gasteiger partial charge in [0.2, 0.25) is 5.88 Å². The second-order valence-corrected chi connectivity index (χ2v) is 5.20. The Labute approximate surface area is 120 Å². The molecule has 0 aromatic carbocycles. The highest BCUT2D eigenvalue weighted by atomic mass is 16.5. The molecule has 1 fully saturated rings. The lowest BCUT2D eigenvalue weighted by molar-refractivity contribution is 0.149. The normalized spacial score (nSPS) is 16.8. The van der Waals surface area contributed by atoms with Crippen LogP contribution in [-0.2, 0) is 0 Å². The van der Waals surface area contributed by atoms with Crippen LogP contribution in [0.5, 0.6) is 5.88 Å². The molecule has 20 heavy (non-hydrogen) atoms. The molecule has 5 heteroatoms. The molecule has 0 bridgehead atoms. The summed E-state index contributed by atoms with van der Waals surface area (Å²) in [5.74, 6) is 0.545. The second kappa shape index (κ2) is 7.83. The van der Waals surface area contributed by atoms with E-state index in [0.29, 0.717) is 18.1 Å². The van der Waals surface area contributed by atoms with Crippen molar-refractivity contribution in [2.45, 2.75) is 12.8 Å². The van der Waals surface area contributed by atoms with Crippen molar-refractivity contribution in [3.05, 3.63) is 23.9 Å². The molecule has 0 unspecified atom stereocenters. The van der Waals surface area contributed by atoms with Crippen LogP contribution in [0.1, 0.15) is 18.4 Å². The van der Waals surface area contributed by atoms with Crippen LogP contribution in [0.3, 0.4) is 0 Å². The van der Waals surface area contributed by atoms with Gasteiger partial charge in [-0.15, -0.1) is 0 Å². The predicted octanol–water partition coefficient (Wildman–Crippen LogP) is 1.36. The lowest BCUT2D eigenvalue weighted by Crippen LogP contribution is -2.44. The van der Waals surface area contributed by atoms with Crippen LogP contribution in [0.2, 0.25) is 0 Å². The number of hydrogen-bond donors (Lipinski definition) is 0. The second-order valence-electron chi connectivity index (χ2n) is 5.20. The first-order chi connectivity index (χ1) is 9.78. The Morgan fingerprint density at radius 2 is 2.10 bits per heavy atom. The molecule has 0 saturated carbocycles. The predicted molar refractivity (Wildman–Crippen MR) is 77.6 cm³/mol. The van der Waals surface area contributed by atoms with Crippen LogP contribution in [0.4, 0.5) is 0 Å². The topological polar surface area (TPSA) is 52.4 Å². The average Bonchev–Trinajstić information content (AvgIpc) is 2.49. The van der Waals surface area contributed by atoms with Crippen molar-refractivity contribution in [1.82, 2.24) is 14.8 Å². The Morgan fingerprint density at radius 1 is 1.30 bits per heavy atom. The van der Waals surface area contributed by atoms with E-state index in [0.717, 1.165) is 19.4 Å². The van der Waals surface area contributed by atoms with E-state index in [2.05, 4.69) is 27.9 Å². The smallest absolute Gasteiger partial charge is 0.214 e. The van der Waals surface area contributed by atoms with Gasteiger partial charge >= 0.3 is 0 Å². The number of hydrogen-bond acceptors (Lipinski definition) is 5. The van der Waals surface area contributed by atoms with Crippen LogP contribution in [0, 0.1) is 11.3 Å². The Morgan fingerprint density at radius 3 is 2.85 bits per heavy atom. The Kier molecular flexibility index (Phi) is 5.78. The average molecular weight is 274 g/mol. The molecule has 2 heterocycles. The first-order valence-electron chi connectivity index (χ1n) is 7.18. The van der Waals surface area contributed by atoms with Gasteiger partial charge in [-0.2, -0.15) is 5.26 Å². The molecule has 2 rings (SSSR count). The first-order valence-corrected chi connectivity index (χ1v) is 7.18. The lowest BCUT2D eigenvalue weighted by atomic mass is 10.2. The quantitative estimate of drug-likeness (QED) is 0.733. The van der Waals surface area contributed by atoms with Crippen molar-refractivity contribution in [3.8, 4) is 11.9 Å². The summed E-state index contributed by atoms with van der Waals surface area (Å²) >= 11 is 0. The molecule has 0 amide bonds. The maximum Gasteiger partial charge on any atom is 0.214 e. The molecule has 0 aliphatic carbocycles. The van der Waals surface area contributed by atoms with E-state index in [1.54, 1.807) is 18.3 Å². The molecule has 5 nitrogen and oxygen atoms in total. The van der Waals surface area contributed by atoms with Gasteiger partial charge in [-0.05, 0) is 32.5 Å². The molecule has 1 aliphatic heterocycles.